The van der Waals surface area contributed by atoms with Crippen LogP contribution < -0.4 is 10.3 Å². The van der Waals surface area contributed by atoms with Crippen molar-refractivity contribution in [3.05, 3.63) is 40.2 Å². The zero-order valence-electron chi connectivity index (χ0n) is 11.5. The van der Waals surface area contributed by atoms with Gasteiger partial charge in [0.15, 0.2) is 0 Å². The Kier molecular flexibility index (Phi) is 2.78. The molecule has 20 heavy (non-hydrogen) atoms. The van der Waals surface area contributed by atoms with Gasteiger partial charge in [-0.3, -0.25) is 4.79 Å². The fraction of sp³-hybridized carbons (Fsp3) is 0.333. The van der Waals surface area contributed by atoms with Gasteiger partial charge in [0, 0.05) is 37.4 Å². The number of rotatable bonds is 3. The SMILES string of the molecule is CN(C)c1ccc2c(c1)c(=O)c(C(=O)O)cn2C1CC1. The van der Waals surface area contributed by atoms with Crippen LogP contribution in [0.25, 0.3) is 10.9 Å². The first-order valence-corrected chi connectivity index (χ1v) is 6.58. The fourth-order valence-electron chi connectivity index (χ4n) is 2.43. The highest BCUT2D eigenvalue weighted by Gasteiger charge is 2.26. The maximum Gasteiger partial charge on any atom is 0.341 e. The Balaban J connectivity index is 2.36. The van der Waals surface area contributed by atoms with Gasteiger partial charge in [-0.15, -0.1) is 0 Å². The number of hydrogen-bond acceptors (Lipinski definition) is 3. The van der Waals surface area contributed by atoms with Gasteiger partial charge in [-0.05, 0) is 31.0 Å². The summed E-state index contributed by atoms with van der Waals surface area (Å²) in [6.45, 7) is 0. The molecule has 1 aliphatic carbocycles. The second-order valence-corrected chi connectivity index (χ2v) is 5.41. The largest absolute Gasteiger partial charge is 0.477 e. The average Bonchev–Trinajstić information content (AvgIpc) is 3.22. The molecule has 0 unspecified atom stereocenters. The molecule has 0 atom stereocenters. The summed E-state index contributed by atoms with van der Waals surface area (Å²) < 4.78 is 1.93. The summed E-state index contributed by atoms with van der Waals surface area (Å²) in [5, 5.41) is 9.68. The average molecular weight is 272 g/mol. The minimum atomic E-state index is -1.17. The smallest absolute Gasteiger partial charge is 0.341 e. The van der Waals surface area contributed by atoms with Crippen molar-refractivity contribution in [2.45, 2.75) is 18.9 Å². The number of nitrogens with zero attached hydrogens (tertiary/aromatic N) is 2. The van der Waals surface area contributed by atoms with Gasteiger partial charge in [0.1, 0.15) is 5.56 Å². The van der Waals surface area contributed by atoms with Gasteiger partial charge in [-0.25, -0.2) is 4.79 Å². The van der Waals surface area contributed by atoms with Crippen LogP contribution in [-0.2, 0) is 0 Å². The van der Waals surface area contributed by atoms with Crippen LogP contribution in [0.15, 0.2) is 29.2 Å². The molecule has 1 fully saturated rings. The van der Waals surface area contributed by atoms with E-state index in [0.29, 0.717) is 11.4 Å². The molecule has 1 N–H and O–H groups in total. The Morgan fingerprint density at radius 3 is 2.60 bits per heavy atom. The number of anilines is 1. The summed E-state index contributed by atoms with van der Waals surface area (Å²) in [5.74, 6) is -1.17. The number of benzene rings is 1. The van der Waals surface area contributed by atoms with Crippen LogP contribution in [0, 0.1) is 0 Å². The lowest BCUT2D eigenvalue weighted by molar-refractivity contribution is 0.0695. The molecule has 0 aliphatic heterocycles. The van der Waals surface area contributed by atoms with Crippen molar-refractivity contribution in [2.75, 3.05) is 19.0 Å². The molecule has 1 saturated carbocycles. The van der Waals surface area contributed by atoms with Crippen molar-refractivity contribution in [1.29, 1.82) is 0 Å². The first-order valence-electron chi connectivity index (χ1n) is 6.58. The highest BCUT2D eigenvalue weighted by Crippen LogP contribution is 2.37. The van der Waals surface area contributed by atoms with E-state index in [1.165, 1.54) is 6.20 Å². The van der Waals surface area contributed by atoms with Crippen LogP contribution in [0.4, 0.5) is 5.69 Å². The van der Waals surface area contributed by atoms with E-state index in [1.807, 2.05) is 35.7 Å². The van der Waals surface area contributed by atoms with Gasteiger partial charge in [0.2, 0.25) is 5.43 Å². The maximum atomic E-state index is 12.3. The van der Waals surface area contributed by atoms with Gasteiger partial charge >= 0.3 is 5.97 Å². The van der Waals surface area contributed by atoms with Gasteiger partial charge < -0.3 is 14.6 Å². The van der Waals surface area contributed by atoms with Crippen LogP contribution in [0.1, 0.15) is 29.2 Å². The first kappa shape index (κ1) is 12.7. The molecule has 104 valence electrons. The summed E-state index contributed by atoms with van der Waals surface area (Å²) >= 11 is 0. The summed E-state index contributed by atoms with van der Waals surface area (Å²) in [6.07, 6.45) is 3.55. The Morgan fingerprint density at radius 1 is 1.35 bits per heavy atom. The molecule has 1 aromatic heterocycles. The Labute approximate surface area is 116 Å². The number of carbonyl (C=O) groups is 1. The Bertz CT molecular complexity index is 758. The third-order valence-corrected chi connectivity index (χ3v) is 3.70. The number of aromatic nitrogens is 1. The summed E-state index contributed by atoms with van der Waals surface area (Å²) in [5.41, 5.74) is 1.14. The molecule has 3 rings (SSSR count). The predicted molar refractivity (Wildman–Crippen MR) is 77.8 cm³/mol. The van der Waals surface area contributed by atoms with Crippen molar-refractivity contribution in [3.63, 3.8) is 0 Å². The molecule has 0 radical (unpaired) electrons. The number of fused-ring (bicyclic) bond motifs is 1. The molecule has 0 saturated heterocycles. The molecule has 1 aromatic carbocycles. The number of aromatic carboxylic acids is 1. The van der Waals surface area contributed by atoms with Crippen molar-refractivity contribution < 1.29 is 9.90 Å². The zero-order valence-corrected chi connectivity index (χ0v) is 11.5. The quantitative estimate of drug-likeness (QED) is 0.929. The molecule has 5 heteroatoms. The number of carboxylic acid groups (broad SMARTS) is 1. The van der Waals surface area contributed by atoms with Crippen LogP contribution in [0.5, 0.6) is 0 Å². The van der Waals surface area contributed by atoms with E-state index < -0.39 is 11.4 Å². The second-order valence-electron chi connectivity index (χ2n) is 5.41. The normalized spacial score (nSPS) is 14.5. The topological polar surface area (TPSA) is 62.5 Å². The molecule has 1 aliphatic rings. The van der Waals surface area contributed by atoms with E-state index in [4.69, 9.17) is 0 Å². The van der Waals surface area contributed by atoms with Crippen molar-refractivity contribution in [3.8, 4) is 0 Å². The highest BCUT2D eigenvalue weighted by atomic mass is 16.4. The fourth-order valence-corrected chi connectivity index (χ4v) is 2.43. The minimum absolute atomic E-state index is 0.152. The van der Waals surface area contributed by atoms with Gasteiger partial charge in [0.05, 0.1) is 5.52 Å². The third kappa shape index (κ3) is 1.95. The monoisotopic (exact) mass is 272 g/mol. The van der Waals surface area contributed by atoms with Crippen molar-refractivity contribution >= 4 is 22.6 Å². The standard InChI is InChI=1S/C15H16N2O3/c1-16(2)10-5-6-13-11(7-10)14(18)12(15(19)20)8-17(13)9-3-4-9/h5-9H,3-4H2,1-2H3,(H,19,20). The first-order chi connectivity index (χ1) is 9.49. The second kappa shape index (κ2) is 4.37. The van der Waals surface area contributed by atoms with Gasteiger partial charge in [0.25, 0.3) is 0 Å². The van der Waals surface area contributed by atoms with E-state index in [1.54, 1.807) is 6.07 Å². The van der Waals surface area contributed by atoms with Gasteiger partial charge in [-0.2, -0.15) is 0 Å². The number of carboxylic acids is 1. The van der Waals surface area contributed by atoms with E-state index >= 15 is 0 Å². The van der Waals surface area contributed by atoms with Crippen molar-refractivity contribution in [1.82, 2.24) is 4.57 Å². The Morgan fingerprint density at radius 2 is 2.05 bits per heavy atom. The lowest BCUT2D eigenvalue weighted by Crippen LogP contribution is -2.19. The van der Waals surface area contributed by atoms with E-state index in [0.717, 1.165) is 24.0 Å². The van der Waals surface area contributed by atoms with E-state index in [2.05, 4.69) is 0 Å². The molecule has 0 amide bonds. The predicted octanol–water partition coefficient (Wildman–Crippen LogP) is 2.10. The molecular weight excluding hydrogens is 256 g/mol. The minimum Gasteiger partial charge on any atom is -0.477 e. The van der Waals surface area contributed by atoms with E-state index in [9.17, 15) is 14.7 Å². The van der Waals surface area contributed by atoms with Crippen LogP contribution in [0.2, 0.25) is 0 Å². The molecule has 2 aromatic rings. The van der Waals surface area contributed by atoms with Crippen LogP contribution in [-0.4, -0.2) is 29.7 Å². The third-order valence-electron chi connectivity index (χ3n) is 3.70. The summed E-state index contributed by atoms with van der Waals surface area (Å²) in [6, 6.07) is 5.93. The summed E-state index contributed by atoms with van der Waals surface area (Å²) in [4.78, 5) is 25.5. The lowest BCUT2D eigenvalue weighted by atomic mass is 10.1. The van der Waals surface area contributed by atoms with E-state index in [-0.39, 0.29) is 5.56 Å². The molecular formula is C15H16N2O3. The lowest BCUT2D eigenvalue weighted by Gasteiger charge is -2.16. The van der Waals surface area contributed by atoms with Crippen LogP contribution in [0.3, 0.4) is 0 Å². The van der Waals surface area contributed by atoms with Crippen LogP contribution >= 0.6 is 0 Å². The Hall–Kier alpha value is -2.30. The number of pyridine rings is 1. The maximum absolute atomic E-state index is 12.3. The summed E-state index contributed by atoms with van der Waals surface area (Å²) in [7, 11) is 3.78. The molecule has 0 bridgehead atoms. The van der Waals surface area contributed by atoms with Crippen molar-refractivity contribution in [2.24, 2.45) is 0 Å². The highest BCUT2D eigenvalue weighted by molar-refractivity contribution is 5.93. The molecule has 0 spiro atoms. The number of hydrogen-bond donors (Lipinski definition) is 1. The molecule has 5 nitrogen and oxygen atoms in total. The van der Waals surface area contributed by atoms with Gasteiger partial charge in [-0.1, -0.05) is 0 Å². The molecule has 1 heterocycles. The zero-order chi connectivity index (χ0) is 14.4.